The Hall–Kier alpha value is -1.01. The first-order valence-electron chi connectivity index (χ1n) is 4.06. The molecule has 1 atom stereocenters. The van der Waals surface area contributed by atoms with Crippen LogP contribution in [-0.2, 0) is 4.79 Å². The summed E-state index contributed by atoms with van der Waals surface area (Å²) < 4.78 is 0. The van der Waals surface area contributed by atoms with Gasteiger partial charge in [0.25, 0.3) is 0 Å². The van der Waals surface area contributed by atoms with Crippen LogP contribution in [0.4, 0.5) is 0 Å². The molecule has 0 bridgehead atoms. The van der Waals surface area contributed by atoms with E-state index in [9.17, 15) is 4.79 Å². The molecule has 0 aromatic carbocycles. The minimum Gasteiger partial charge on any atom is -0.354 e. The molecule has 0 aromatic heterocycles. The lowest BCUT2D eigenvalue weighted by molar-refractivity contribution is -0.123. The summed E-state index contributed by atoms with van der Waals surface area (Å²) >= 11 is 0. The fourth-order valence-corrected chi connectivity index (χ4v) is 0.678. The molecule has 0 aliphatic rings. The van der Waals surface area contributed by atoms with E-state index in [0.29, 0.717) is 13.0 Å². The second-order valence-electron chi connectivity index (χ2n) is 3.01. The van der Waals surface area contributed by atoms with Crippen LogP contribution in [0.1, 0.15) is 20.3 Å². The molecule has 0 spiro atoms. The molecule has 0 saturated carbocycles. The quantitative estimate of drug-likeness (QED) is 0.462. The van der Waals surface area contributed by atoms with Gasteiger partial charge in [0.2, 0.25) is 5.91 Å². The van der Waals surface area contributed by atoms with Gasteiger partial charge in [-0.15, -0.1) is 12.3 Å². The number of nitrogens with two attached hydrogens (primary N) is 1. The number of amides is 1. The average molecular weight is 168 g/mol. The van der Waals surface area contributed by atoms with Gasteiger partial charge < -0.3 is 11.1 Å². The van der Waals surface area contributed by atoms with E-state index in [1.54, 1.807) is 0 Å². The molecule has 12 heavy (non-hydrogen) atoms. The predicted octanol–water partition coefficient (Wildman–Crippen LogP) is 0.109. The lowest BCUT2D eigenvalue weighted by Gasteiger charge is -2.14. The Balaban J connectivity index is 3.66. The van der Waals surface area contributed by atoms with Crippen molar-refractivity contribution in [2.24, 2.45) is 11.7 Å². The molecule has 0 radical (unpaired) electrons. The summed E-state index contributed by atoms with van der Waals surface area (Å²) in [5.74, 6) is 2.47. The van der Waals surface area contributed by atoms with Crippen LogP contribution in [0.25, 0.3) is 0 Å². The Morgan fingerprint density at radius 3 is 2.67 bits per heavy atom. The second-order valence-corrected chi connectivity index (χ2v) is 3.01. The summed E-state index contributed by atoms with van der Waals surface area (Å²) in [5.41, 5.74) is 5.58. The number of terminal acetylenes is 1. The molecule has 0 rings (SSSR count). The van der Waals surface area contributed by atoms with Crippen molar-refractivity contribution >= 4 is 5.91 Å². The number of hydrogen-bond acceptors (Lipinski definition) is 2. The molecule has 1 amide bonds. The van der Waals surface area contributed by atoms with Crippen molar-refractivity contribution < 1.29 is 4.79 Å². The minimum atomic E-state index is -0.428. The lowest BCUT2D eigenvalue weighted by Crippen LogP contribution is -2.44. The zero-order valence-corrected chi connectivity index (χ0v) is 7.63. The molecule has 3 heteroatoms. The highest BCUT2D eigenvalue weighted by atomic mass is 16.2. The Morgan fingerprint density at radius 1 is 1.67 bits per heavy atom. The van der Waals surface area contributed by atoms with Crippen molar-refractivity contribution in [3.05, 3.63) is 0 Å². The van der Waals surface area contributed by atoms with Crippen molar-refractivity contribution in [2.45, 2.75) is 26.3 Å². The zero-order chi connectivity index (χ0) is 9.56. The fraction of sp³-hybridized carbons (Fsp3) is 0.667. The Labute approximate surface area is 73.7 Å². The first-order chi connectivity index (χ1) is 5.59. The van der Waals surface area contributed by atoms with Crippen molar-refractivity contribution in [1.82, 2.24) is 5.32 Å². The van der Waals surface area contributed by atoms with Gasteiger partial charge in [-0.1, -0.05) is 13.8 Å². The van der Waals surface area contributed by atoms with Crippen LogP contribution in [0.2, 0.25) is 0 Å². The SMILES string of the molecule is C#CCCNC(=O)C(N)C(C)C. The topological polar surface area (TPSA) is 55.1 Å². The molecule has 0 saturated heterocycles. The van der Waals surface area contributed by atoms with Gasteiger partial charge in [0.1, 0.15) is 0 Å². The van der Waals surface area contributed by atoms with Crippen molar-refractivity contribution in [1.29, 1.82) is 0 Å². The summed E-state index contributed by atoms with van der Waals surface area (Å²) in [4.78, 5) is 11.2. The molecule has 1 unspecified atom stereocenters. The van der Waals surface area contributed by atoms with Crippen LogP contribution in [0, 0.1) is 18.3 Å². The average Bonchev–Trinajstić information content (AvgIpc) is 2.03. The van der Waals surface area contributed by atoms with Crippen molar-refractivity contribution in [3.8, 4) is 12.3 Å². The van der Waals surface area contributed by atoms with Crippen LogP contribution >= 0.6 is 0 Å². The van der Waals surface area contributed by atoms with Crippen LogP contribution in [0.5, 0.6) is 0 Å². The maximum atomic E-state index is 11.2. The number of carbonyl (C=O) groups excluding carboxylic acids is 1. The third kappa shape index (κ3) is 3.99. The third-order valence-electron chi connectivity index (χ3n) is 1.59. The standard InChI is InChI=1S/C9H16N2O/c1-4-5-6-11-9(12)8(10)7(2)3/h1,7-8H,5-6,10H2,2-3H3,(H,11,12). The number of nitrogens with one attached hydrogen (secondary N) is 1. The molecular formula is C9H16N2O. The highest BCUT2D eigenvalue weighted by Crippen LogP contribution is 1.97. The van der Waals surface area contributed by atoms with Crippen LogP contribution in [-0.4, -0.2) is 18.5 Å². The highest BCUT2D eigenvalue weighted by molar-refractivity contribution is 5.81. The molecule has 0 fully saturated rings. The van der Waals surface area contributed by atoms with Gasteiger partial charge >= 0.3 is 0 Å². The van der Waals surface area contributed by atoms with E-state index < -0.39 is 6.04 Å². The van der Waals surface area contributed by atoms with Gasteiger partial charge in [0, 0.05) is 13.0 Å². The molecule has 0 aliphatic carbocycles. The van der Waals surface area contributed by atoms with Crippen LogP contribution in [0.3, 0.4) is 0 Å². The number of hydrogen-bond donors (Lipinski definition) is 2. The Morgan fingerprint density at radius 2 is 2.25 bits per heavy atom. The summed E-state index contributed by atoms with van der Waals surface area (Å²) in [6, 6.07) is -0.428. The van der Waals surface area contributed by atoms with E-state index in [1.165, 1.54) is 0 Å². The first-order valence-corrected chi connectivity index (χ1v) is 4.06. The fourth-order valence-electron chi connectivity index (χ4n) is 0.678. The molecule has 3 nitrogen and oxygen atoms in total. The largest absolute Gasteiger partial charge is 0.354 e. The maximum absolute atomic E-state index is 11.2. The van der Waals surface area contributed by atoms with Crippen LogP contribution < -0.4 is 11.1 Å². The number of carbonyl (C=O) groups is 1. The molecule has 0 aromatic rings. The van der Waals surface area contributed by atoms with Gasteiger partial charge in [-0.25, -0.2) is 0 Å². The van der Waals surface area contributed by atoms with E-state index in [-0.39, 0.29) is 11.8 Å². The Kier molecular flexibility index (Phi) is 5.14. The zero-order valence-electron chi connectivity index (χ0n) is 7.63. The van der Waals surface area contributed by atoms with Crippen molar-refractivity contribution in [2.75, 3.05) is 6.54 Å². The van der Waals surface area contributed by atoms with Crippen LogP contribution in [0.15, 0.2) is 0 Å². The highest BCUT2D eigenvalue weighted by Gasteiger charge is 2.15. The molecule has 0 heterocycles. The van der Waals surface area contributed by atoms with E-state index in [1.807, 2.05) is 13.8 Å². The van der Waals surface area contributed by atoms with Gasteiger partial charge in [-0.05, 0) is 5.92 Å². The summed E-state index contributed by atoms with van der Waals surface area (Å²) in [6.07, 6.45) is 5.57. The monoisotopic (exact) mass is 168 g/mol. The molecule has 68 valence electrons. The van der Waals surface area contributed by atoms with Crippen molar-refractivity contribution in [3.63, 3.8) is 0 Å². The normalized spacial score (nSPS) is 12.2. The molecule has 3 N–H and O–H groups in total. The third-order valence-corrected chi connectivity index (χ3v) is 1.59. The van der Waals surface area contributed by atoms with Gasteiger partial charge in [0.15, 0.2) is 0 Å². The van der Waals surface area contributed by atoms with E-state index in [4.69, 9.17) is 12.2 Å². The van der Waals surface area contributed by atoms with Gasteiger partial charge in [-0.2, -0.15) is 0 Å². The second kappa shape index (κ2) is 5.62. The summed E-state index contributed by atoms with van der Waals surface area (Å²) in [6.45, 7) is 4.33. The van der Waals surface area contributed by atoms with E-state index >= 15 is 0 Å². The predicted molar refractivity (Wildman–Crippen MR) is 49.3 cm³/mol. The first kappa shape index (κ1) is 11.0. The Bertz CT molecular complexity index is 181. The maximum Gasteiger partial charge on any atom is 0.237 e. The number of rotatable bonds is 4. The molecule has 0 aliphatic heterocycles. The smallest absolute Gasteiger partial charge is 0.237 e. The minimum absolute atomic E-state index is 0.125. The lowest BCUT2D eigenvalue weighted by atomic mass is 10.1. The van der Waals surface area contributed by atoms with Gasteiger partial charge in [-0.3, -0.25) is 4.79 Å². The molecular weight excluding hydrogens is 152 g/mol. The van der Waals surface area contributed by atoms with Gasteiger partial charge in [0.05, 0.1) is 6.04 Å². The van der Waals surface area contributed by atoms with E-state index in [0.717, 1.165) is 0 Å². The summed E-state index contributed by atoms with van der Waals surface area (Å²) in [7, 11) is 0. The summed E-state index contributed by atoms with van der Waals surface area (Å²) in [5, 5.41) is 2.66. The van der Waals surface area contributed by atoms with E-state index in [2.05, 4.69) is 11.2 Å².